The Morgan fingerprint density at radius 3 is 0.959 bits per heavy atom. The minimum Gasteiger partial charge on any atom is -0.485 e. The topological polar surface area (TPSA) is 132 Å². The molecule has 0 saturated carbocycles. The van der Waals surface area contributed by atoms with Gasteiger partial charge in [-0.05, 0) is 67.5 Å². The molecule has 14 heteroatoms. The molecule has 0 heterocycles. The number of carbonyl (C=O) groups excluding carboxylic acids is 2. The van der Waals surface area contributed by atoms with Crippen LogP contribution in [0.4, 0.5) is 0 Å². The van der Waals surface area contributed by atoms with Gasteiger partial charge in [-0.1, -0.05) is 182 Å². The number of nitriles is 1. The quantitative estimate of drug-likeness (QED) is 0.0676. The predicted molar refractivity (Wildman–Crippen MR) is 297 cm³/mol. The molecule has 0 N–H and O–H groups in total. The average Bonchev–Trinajstić information content (AvgIpc) is 3.46. The number of nitrogens with zero attached hydrogens (tertiary/aromatic N) is 1. The van der Waals surface area contributed by atoms with E-state index in [9.17, 15) is 9.59 Å². The summed E-state index contributed by atoms with van der Waals surface area (Å²) in [5.74, 6) is 1.41. The van der Waals surface area contributed by atoms with Crippen LogP contribution in [-0.4, -0.2) is 26.2 Å². The van der Waals surface area contributed by atoms with Gasteiger partial charge < -0.3 is 37.9 Å². The molecule has 0 radical (unpaired) electrons. The Morgan fingerprint density at radius 1 is 0.405 bits per heavy atom. The van der Waals surface area contributed by atoms with Crippen LogP contribution in [-0.2, 0) is 49.1 Å². The zero-order chi connectivity index (χ0) is 52.8. The average molecular weight is 1190 g/mol. The molecule has 74 heavy (non-hydrogen) atoms. The zero-order valence-corrected chi connectivity index (χ0v) is 45.7. The lowest BCUT2D eigenvalue weighted by Gasteiger charge is -2.20. The third kappa shape index (κ3) is 18.5. The van der Waals surface area contributed by atoms with E-state index >= 15 is 0 Å². The summed E-state index contributed by atoms with van der Waals surface area (Å²) in [7, 11) is 2.68. The van der Waals surface area contributed by atoms with Crippen molar-refractivity contribution in [3.63, 3.8) is 0 Å². The maximum absolute atomic E-state index is 12.6. The first-order chi connectivity index (χ1) is 36.3. The Morgan fingerprint density at radius 2 is 0.662 bits per heavy atom. The van der Waals surface area contributed by atoms with E-state index in [2.05, 4.69) is 44.2 Å². The van der Waals surface area contributed by atoms with Crippen molar-refractivity contribution in [1.82, 2.24) is 0 Å². The SMILES string of the molecule is BrBr.CC#N.COC(=O)c1cc(OCc2ccccc2)c(OCc2ccccc2)c(OCc2ccccc2)c1.COC(=O)c1cc(OCc2ccccc2)c(OCc2ccccc2)c(OCc2ccccc2)c1Br. The molecule has 8 rings (SSSR count). The summed E-state index contributed by atoms with van der Waals surface area (Å²) in [6.45, 7) is 3.25. The molecule has 8 aromatic carbocycles. The molecule has 0 aliphatic heterocycles. The number of esters is 2. The van der Waals surface area contributed by atoms with Crippen molar-refractivity contribution in [2.75, 3.05) is 14.2 Å². The van der Waals surface area contributed by atoms with Gasteiger partial charge in [0.05, 0.1) is 35.9 Å². The molecule has 0 unspecified atom stereocenters. The van der Waals surface area contributed by atoms with Gasteiger partial charge in [0.1, 0.15) is 39.6 Å². The summed E-state index contributed by atoms with van der Waals surface area (Å²) >= 11 is 9.04. The number of hydrogen-bond acceptors (Lipinski definition) is 11. The van der Waals surface area contributed by atoms with Gasteiger partial charge in [-0.3, -0.25) is 0 Å². The number of rotatable bonds is 20. The number of ether oxygens (including phenoxy) is 8. The van der Waals surface area contributed by atoms with Crippen LogP contribution in [0, 0.1) is 11.3 Å². The highest BCUT2D eigenvalue weighted by molar-refractivity contribution is 9.93. The van der Waals surface area contributed by atoms with Crippen LogP contribution in [0.5, 0.6) is 34.5 Å². The van der Waals surface area contributed by atoms with E-state index in [4.69, 9.17) is 43.2 Å². The van der Waals surface area contributed by atoms with Crippen molar-refractivity contribution in [2.24, 2.45) is 0 Å². The summed E-state index contributed by atoms with van der Waals surface area (Å²) in [6, 6.07) is 65.4. The second kappa shape index (κ2) is 32.5. The van der Waals surface area contributed by atoms with Crippen molar-refractivity contribution >= 4 is 56.1 Å². The summed E-state index contributed by atoms with van der Waals surface area (Å²) in [5, 5.41) is 7.32. The van der Waals surface area contributed by atoms with Crippen LogP contribution in [0.1, 0.15) is 61.0 Å². The Hall–Kier alpha value is -7.57. The molecule has 0 amide bonds. The van der Waals surface area contributed by atoms with Gasteiger partial charge in [0.2, 0.25) is 11.5 Å². The van der Waals surface area contributed by atoms with E-state index in [0.29, 0.717) is 77.6 Å². The van der Waals surface area contributed by atoms with Crippen LogP contribution in [0.15, 0.2) is 205 Å². The molecule has 0 atom stereocenters. The monoisotopic (exact) mass is 1190 g/mol. The van der Waals surface area contributed by atoms with Crippen molar-refractivity contribution in [2.45, 2.75) is 46.6 Å². The molecular weight excluding hydrogens is 1130 g/mol. The Balaban J connectivity index is 0.000000252. The molecular formula is C60H54Br3NO10. The van der Waals surface area contributed by atoms with Gasteiger partial charge in [0, 0.05) is 35.2 Å². The fourth-order valence-corrected chi connectivity index (χ4v) is 7.36. The van der Waals surface area contributed by atoms with Gasteiger partial charge >= 0.3 is 11.9 Å². The van der Waals surface area contributed by atoms with Crippen LogP contribution in [0.3, 0.4) is 0 Å². The molecule has 0 aliphatic carbocycles. The largest absolute Gasteiger partial charge is 0.485 e. The van der Waals surface area contributed by atoms with Gasteiger partial charge in [0.25, 0.3) is 0 Å². The zero-order valence-electron chi connectivity index (χ0n) is 41.0. The number of halogens is 3. The molecule has 0 saturated heterocycles. The summed E-state index contributed by atoms with van der Waals surface area (Å²) in [4.78, 5) is 25.0. The highest BCUT2D eigenvalue weighted by Crippen LogP contribution is 2.47. The lowest BCUT2D eigenvalue weighted by Crippen LogP contribution is -2.09. The third-order valence-electron chi connectivity index (χ3n) is 10.4. The Bertz CT molecular complexity index is 2880. The van der Waals surface area contributed by atoms with Crippen LogP contribution in [0.2, 0.25) is 0 Å². The third-order valence-corrected chi connectivity index (χ3v) is 11.2. The van der Waals surface area contributed by atoms with Gasteiger partial charge in [0.15, 0.2) is 23.0 Å². The van der Waals surface area contributed by atoms with Crippen LogP contribution in [0.25, 0.3) is 0 Å². The Labute approximate surface area is 456 Å². The standard InChI is InChI=1S/C29H25BrO5.C29H26O5.C2H3N.Br2/c1-32-29(31)24-17-25(33-18-21-11-5-2-6-12-21)27(34-19-22-13-7-3-8-14-22)28(26(24)30)35-20-23-15-9-4-10-16-23;1-31-29(30)25-17-26(32-19-22-11-5-2-6-12-22)28(34-21-24-15-9-4-10-16-24)27(18-25)33-20-23-13-7-3-8-14-23;1-2-3;1-2/h2-17H,18-20H2,1H3;2-18H,19-21H2,1H3;1H3;. The van der Waals surface area contributed by atoms with Crippen molar-refractivity contribution in [3.05, 3.63) is 249 Å². The first kappa shape index (κ1) is 57.3. The molecule has 0 aromatic heterocycles. The van der Waals surface area contributed by atoms with E-state index < -0.39 is 11.9 Å². The fourth-order valence-electron chi connectivity index (χ4n) is 6.79. The lowest BCUT2D eigenvalue weighted by atomic mass is 10.1. The molecule has 380 valence electrons. The summed E-state index contributed by atoms with van der Waals surface area (Å²) in [6.07, 6.45) is 0. The number of benzene rings is 8. The van der Waals surface area contributed by atoms with Crippen molar-refractivity contribution in [1.29, 1.82) is 5.26 Å². The van der Waals surface area contributed by atoms with E-state index in [1.165, 1.54) is 21.1 Å². The van der Waals surface area contributed by atoms with E-state index in [-0.39, 0.29) is 12.2 Å². The van der Waals surface area contributed by atoms with Crippen molar-refractivity contribution < 1.29 is 47.5 Å². The molecule has 11 nitrogen and oxygen atoms in total. The predicted octanol–water partition coefficient (Wildman–Crippen LogP) is 15.4. The molecule has 0 bridgehead atoms. The maximum Gasteiger partial charge on any atom is 0.339 e. The number of methoxy groups -OCH3 is 2. The number of carbonyl (C=O) groups is 2. The second-order valence-corrected chi connectivity index (χ2v) is 16.3. The normalized spacial score (nSPS) is 9.91. The second-order valence-electron chi connectivity index (χ2n) is 15.5. The van der Waals surface area contributed by atoms with Gasteiger partial charge in [-0.15, -0.1) is 0 Å². The summed E-state index contributed by atoms with van der Waals surface area (Å²) in [5.41, 5.74) is 6.54. The van der Waals surface area contributed by atoms with Crippen LogP contribution < -0.4 is 28.4 Å². The van der Waals surface area contributed by atoms with Crippen LogP contribution >= 0.6 is 44.2 Å². The van der Waals surface area contributed by atoms with E-state index in [0.717, 1.165) is 33.4 Å². The maximum atomic E-state index is 12.6. The van der Waals surface area contributed by atoms with E-state index in [1.807, 2.05) is 182 Å². The minimum atomic E-state index is -0.513. The smallest absolute Gasteiger partial charge is 0.339 e. The molecule has 0 fully saturated rings. The molecule has 0 spiro atoms. The summed E-state index contributed by atoms with van der Waals surface area (Å²) < 4.78 is 47.5. The number of hydrogen-bond donors (Lipinski definition) is 0. The highest BCUT2D eigenvalue weighted by Gasteiger charge is 2.26. The van der Waals surface area contributed by atoms with E-state index in [1.54, 1.807) is 24.3 Å². The first-order valence-corrected chi connectivity index (χ1v) is 27.5. The minimum absolute atomic E-state index is 0.282. The fraction of sp³-hybridized carbons (Fsp3) is 0.150. The molecule has 8 aromatic rings. The lowest BCUT2D eigenvalue weighted by molar-refractivity contribution is 0.0590. The van der Waals surface area contributed by atoms with Gasteiger partial charge in [-0.25, -0.2) is 9.59 Å². The first-order valence-electron chi connectivity index (χ1n) is 23.0. The van der Waals surface area contributed by atoms with Crippen molar-refractivity contribution in [3.8, 4) is 40.6 Å². The Kier molecular flexibility index (Phi) is 25.2. The highest BCUT2D eigenvalue weighted by atomic mass is 80.9. The van der Waals surface area contributed by atoms with Gasteiger partial charge in [-0.2, -0.15) is 5.26 Å². The molecule has 0 aliphatic rings.